The number of para-hydroxylation sites is 1. The maximum Gasteiger partial charge on any atom is 0.270 e. The summed E-state index contributed by atoms with van der Waals surface area (Å²) in [5.74, 6) is -0.737. The van der Waals surface area contributed by atoms with Crippen LogP contribution in [0.3, 0.4) is 0 Å². The number of nitrogens with one attached hydrogen (secondary N) is 2. The quantitative estimate of drug-likeness (QED) is 0.491. The van der Waals surface area contributed by atoms with Gasteiger partial charge in [-0.15, -0.1) is 0 Å². The number of amides is 2. The number of aromatic nitrogens is 1. The first-order valence-corrected chi connectivity index (χ1v) is 9.81. The summed E-state index contributed by atoms with van der Waals surface area (Å²) in [6, 6.07) is 10.9. The summed E-state index contributed by atoms with van der Waals surface area (Å²) in [4.78, 5) is 29.8. The fraction of sp³-hybridized carbons (Fsp3) is 0.381. The molecule has 0 radical (unpaired) electrons. The lowest BCUT2D eigenvalue weighted by molar-refractivity contribution is 0.0922. The lowest BCUT2D eigenvalue weighted by Crippen LogP contribution is -2.34. The van der Waals surface area contributed by atoms with Gasteiger partial charge in [-0.05, 0) is 50.5 Å². The van der Waals surface area contributed by atoms with Crippen LogP contribution >= 0.6 is 11.6 Å². The van der Waals surface area contributed by atoms with Crippen molar-refractivity contribution in [2.24, 2.45) is 0 Å². The lowest BCUT2D eigenvalue weighted by Gasteiger charge is -2.15. The third-order valence-corrected chi connectivity index (χ3v) is 4.50. The Balaban J connectivity index is 2.24. The fourth-order valence-corrected chi connectivity index (χ4v) is 2.70. The van der Waals surface area contributed by atoms with Crippen LogP contribution in [0.15, 0.2) is 36.4 Å². The molecule has 0 fully saturated rings. The summed E-state index contributed by atoms with van der Waals surface area (Å²) in [5.41, 5.74) is 2.62. The van der Waals surface area contributed by atoms with E-state index < -0.39 is 0 Å². The molecule has 0 aliphatic heterocycles. The fourth-order valence-electron chi connectivity index (χ4n) is 2.59. The van der Waals surface area contributed by atoms with Gasteiger partial charge in [0, 0.05) is 17.4 Å². The maximum atomic E-state index is 12.9. The van der Waals surface area contributed by atoms with E-state index in [1.807, 2.05) is 38.1 Å². The second-order valence-electron chi connectivity index (χ2n) is 6.51. The molecule has 0 saturated heterocycles. The number of alkyl halides is 1. The number of benzene rings is 1. The minimum Gasteiger partial charge on any atom is -0.365 e. The van der Waals surface area contributed by atoms with Gasteiger partial charge >= 0.3 is 0 Å². The molecule has 1 aromatic carbocycles. The van der Waals surface area contributed by atoms with Crippen LogP contribution in [-0.2, 0) is 11.2 Å². The van der Waals surface area contributed by atoms with Crippen LogP contribution in [0.4, 0.5) is 5.69 Å². The Kier molecular flexibility index (Phi) is 8.42. The highest BCUT2D eigenvalue weighted by molar-refractivity contribution is 6.17. The normalized spacial score (nSPS) is 11.7. The van der Waals surface area contributed by atoms with E-state index in [1.54, 1.807) is 19.1 Å². The van der Waals surface area contributed by atoms with Gasteiger partial charge in [0.25, 0.3) is 11.8 Å². The summed E-state index contributed by atoms with van der Waals surface area (Å²) in [7, 11) is 0. The Morgan fingerprint density at radius 1 is 1.18 bits per heavy atom. The van der Waals surface area contributed by atoms with Crippen molar-refractivity contribution in [3.63, 3.8) is 0 Å². The number of aryl methyl sites for hydroxylation is 1. The van der Waals surface area contributed by atoms with Crippen molar-refractivity contribution in [3.05, 3.63) is 58.9 Å². The number of anilines is 1. The number of nitrogens with zero attached hydrogens (tertiary/aromatic N) is 1. The Bertz CT molecular complexity index is 826. The molecular weight excluding hydrogens is 378 g/mol. The van der Waals surface area contributed by atoms with Crippen LogP contribution in [0.5, 0.6) is 0 Å². The number of halogens is 1. The summed E-state index contributed by atoms with van der Waals surface area (Å²) in [6.45, 7) is 6.12. The monoisotopic (exact) mass is 403 g/mol. The van der Waals surface area contributed by atoms with Crippen LogP contribution < -0.4 is 10.6 Å². The van der Waals surface area contributed by atoms with Gasteiger partial charge in [0.05, 0.1) is 12.2 Å². The molecule has 2 N–H and O–H groups in total. The van der Waals surface area contributed by atoms with Gasteiger partial charge in [0.15, 0.2) is 0 Å². The van der Waals surface area contributed by atoms with Crippen LogP contribution in [-0.4, -0.2) is 35.5 Å². The highest BCUT2D eigenvalue weighted by Crippen LogP contribution is 2.18. The number of hydrogen-bond acceptors (Lipinski definition) is 4. The molecule has 2 aromatic rings. The topological polar surface area (TPSA) is 80.3 Å². The summed E-state index contributed by atoms with van der Waals surface area (Å²) >= 11 is 5.54. The van der Waals surface area contributed by atoms with E-state index in [2.05, 4.69) is 15.6 Å². The second kappa shape index (κ2) is 10.8. The number of rotatable bonds is 9. The van der Waals surface area contributed by atoms with Gasteiger partial charge in [-0.3, -0.25) is 9.59 Å². The second-order valence-corrected chi connectivity index (χ2v) is 6.73. The Hall–Kier alpha value is -2.44. The minimum absolute atomic E-state index is 0.00613. The SMILES string of the molecule is CCC(C)NC(=O)c1nc(C)ccc1C(=O)Nc1ccccc1CCOCCl. The van der Waals surface area contributed by atoms with Gasteiger partial charge in [-0.2, -0.15) is 0 Å². The molecular formula is C21H26ClN3O3. The number of carbonyl (C=O) groups excluding carboxylic acids is 2. The molecule has 0 aliphatic rings. The van der Waals surface area contributed by atoms with Crippen molar-refractivity contribution in [1.82, 2.24) is 10.3 Å². The van der Waals surface area contributed by atoms with E-state index in [1.165, 1.54) is 0 Å². The van der Waals surface area contributed by atoms with Crippen LogP contribution in [0.25, 0.3) is 0 Å². The van der Waals surface area contributed by atoms with E-state index in [9.17, 15) is 9.59 Å². The summed E-state index contributed by atoms with van der Waals surface area (Å²) in [6.07, 6.45) is 1.40. The molecule has 7 heteroatoms. The van der Waals surface area contributed by atoms with Crippen LogP contribution in [0.1, 0.15) is 52.4 Å². The molecule has 0 aliphatic carbocycles. The van der Waals surface area contributed by atoms with Crippen molar-refractivity contribution < 1.29 is 14.3 Å². The molecule has 2 amide bonds. The van der Waals surface area contributed by atoms with E-state index in [-0.39, 0.29) is 35.2 Å². The zero-order chi connectivity index (χ0) is 20.5. The van der Waals surface area contributed by atoms with Crippen molar-refractivity contribution in [2.75, 3.05) is 18.0 Å². The van der Waals surface area contributed by atoms with Gasteiger partial charge < -0.3 is 15.4 Å². The van der Waals surface area contributed by atoms with E-state index in [0.29, 0.717) is 24.4 Å². The Morgan fingerprint density at radius 2 is 1.93 bits per heavy atom. The van der Waals surface area contributed by atoms with Crippen LogP contribution in [0, 0.1) is 6.92 Å². The zero-order valence-corrected chi connectivity index (χ0v) is 17.2. The molecule has 150 valence electrons. The predicted molar refractivity (Wildman–Crippen MR) is 111 cm³/mol. The van der Waals surface area contributed by atoms with Crippen LogP contribution in [0.2, 0.25) is 0 Å². The molecule has 1 aromatic heterocycles. The largest absolute Gasteiger partial charge is 0.365 e. The molecule has 0 spiro atoms. The predicted octanol–water partition coefficient (Wildman–Crippen LogP) is 3.93. The Morgan fingerprint density at radius 3 is 2.64 bits per heavy atom. The smallest absolute Gasteiger partial charge is 0.270 e. The van der Waals surface area contributed by atoms with Crippen molar-refractivity contribution in [2.45, 2.75) is 39.7 Å². The number of ether oxygens (including phenoxy) is 1. The Labute approximate surface area is 170 Å². The van der Waals surface area contributed by atoms with Crippen molar-refractivity contribution in [1.29, 1.82) is 0 Å². The van der Waals surface area contributed by atoms with E-state index >= 15 is 0 Å². The van der Waals surface area contributed by atoms with Gasteiger partial charge in [-0.1, -0.05) is 36.7 Å². The first-order chi connectivity index (χ1) is 13.5. The molecule has 1 unspecified atom stereocenters. The number of carbonyl (C=O) groups is 2. The highest BCUT2D eigenvalue weighted by Gasteiger charge is 2.20. The van der Waals surface area contributed by atoms with E-state index in [0.717, 1.165) is 12.0 Å². The number of hydrogen-bond donors (Lipinski definition) is 2. The molecule has 1 heterocycles. The van der Waals surface area contributed by atoms with Gasteiger partial charge in [0.2, 0.25) is 0 Å². The summed E-state index contributed by atoms with van der Waals surface area (Å²) in [5, 5.41) is 5.76. The molecule has 1 atom stereocenters. The average Bonchev–Trinajstić information content (AvgIpc) is 2.69. The minimum atomic E-state index is -0.382. The molecule has 0 saturated carbocycles. The highest BCUT2D eigenvalue weighted by atomic mass is 35.5. The first kappa shape index (κ1) is 21.9. The molecule has 0 bridgehead atoms. The van der Waals surface area contributed by atoms with Crippen molar-refractivity contribution >= 4 is 29.1 Å². The number of pyridine rings is 1. The third-order valence-electron chi connectivity index (χ3n) is 4.34. The standard InChI is InChI=1S/C21H26ClN3O3/c1-4-14(2)24-21(27)19-17(10-9-15(3)23-19)20(26)25-18-8-6-5-7-16(18)11-12-28-13-22/h5-10,14H,4,11-13H2,1-3H3,(H,24,27)(H,25,26). The average molecular weight is 404 g/mol. The van der Waals surface area contributed by atoms with Gasteiger partial charge in [0.1, 0.15) is 11.8 Å². The van der Waals surface area contributed by atoms with Gasteiger partial charge in [-0.25, -0.2) is 4.98 Å². The van der Waals surface area contributed by atoms with E-state index in [4.69, 9.17) is 16.3 Å². The molecule has 28 heavy (non-hydrogen) atoms. The summed E-state index contributed by atoms with van der Waals surface area (Å²) < 4.78 is 5.18. The lowest BCUT2D eigenvalue weighted by atomic mass is 10.1. The third kappa shape index (κ3) is 6.04. The maximum absolute atomic E-state index is 12.9. The first-order valence-electron chi connectivity index (χ1n) is 9.27. The van der Waals surface area contributed by atoms with Crippen molar-refractivity contribution in [3.8, 4) is 0 Å². The molecule has 2 rings (SSSR count). The zero-order valence-electron chi connectivity index (χ0n) is 16.4. The molecule has 6 nitrogen and oxygen atoms in total.